The van der Waals surface area contributed by atoms with E-state index in [1.807, 2.05) is 24.3 Å². The number of benzene rings is 2. The highest BCUT2D eigenvalue weighted by atomic mass is 19.1. The zero-order valence-corrected chi connectivity index (χ0v) is 18.9. The Balaban J connectivity index is 1.44. The quantitative estimate of drug-likeness (QED) is 0.458. The first-order chi connectivity index (χ1) is 16.5. The molecular formula is C25H26FN7O. The summed E-state index contributed by atoms with van der Waals surface area (Å²) in [5.74, 6) is -0.903. The number of amides is 1. The van der Waals surface area contributed by atoms with Gasteiger partial charge in [0.15, 0.2) is 11.6 Å². The third-order valence-corrected chi connectivity index (χ3v) is 6.22. The van der Waals surface area contributed by atoms with Crippen LogP contribution in [0.1, 0.15) is 17.3 Å². The van der Waals surface area contributed by atoms with Gasteiger partial charge in [-0.25, -0.2) is 9.37 Å². The summed E-state index contributed by atoms with van der Waals surface area (Å²) in [6.45, 7) is 7.27. The number of aromatic nitrogens is 3. The standard InChI is InChI=1S/C25H26FN7O/c1-2-31-10-12-32(13-11-31)18-7-5-6-17(14-18)29-25-28-15-21(26)24(30-25)33-16-20(23(27)34)19-8-3-4-9-22(19)33/h3-9,14-16H,2,10-13H2,1H3,(H2,27,34)(H,28,29,30). The summed E-state index contributed by atoms with van der Waals surface area (Å²) < 4.78 is 16.3. The second-order valence-electron chi connectivity index (χ2n) is 8.26. The number of hydrogen-bond donors (Lipinski definition) is 2. The van der Waals surface area contributed by atoms with E-state index in [-0.39, 0.29) is 11.8 Å². The number of para-hydroxylation sites is 1. The van der Waals surface area contributed by atoms with E-state index in [0.717, 1.165) is 50.3 Å². The van der Waals surface area contributed by atoms with Crippen LogP contribution in [0.25, 0.3) is 16.7 Å². The molecule has 0 saturated carbocycles. The molecule has 5 rings (SSSR count). The van der Waals surface area contributed by atoms with Crippen molar-refractivity contribution in [1.82, 2.24) is 19.4 Å². The highest BCUT2D eigenvalue weighted by Gasteiger charge is 2.18. The summed E-state index contributed by atoms with van der Waals surface area (Å²) in [7, 11) is 0. The third-order valence-electron chi connectivity index (χ3n) is 6.22. The number of anilines is 3. The van der Waals surface area contributed by atoms with Gasteiger partial charge in [0, 0.05) is 49.1 Å². The maximum Gasteiger partial charge on any atom is 0.250 e. The topological polar surface area (TPSA) is 92.3 Å². The summed E-state index contributed by atoms with van der Waals surface area (Å²) in [6.07, 6.45) is 2.63. The van der Waals surface area contributed by atoms with Gasteiger partial charge in [-0.05, 0) is 30.8 Å². The van der Waals surface area contributed by atoms with E-state index in [9.17, 15) is 9.18 Å². The van der Waals surface area contributed by atoms with Crippen molar-refractivity contribution >= 4 is 34.1 Å². The van der Waals surface area contributed by atoms with E-state index in [1.54, 1.807) is 18.2 Å². The van der Waals surface area contributed by atoms with Crippen LogP contribution < -0.4 is 16.0 Å². The monoisotopic (exact) mass is 459 g/mol. The van der Waals surface area contributed by atoms with E-state index in [0.29, 0.717) is 16.5 Å². The van der Waals surface area contributed by atoms with Crippen LogP contribution in [0.2, 0.25) is 0 Å². The number of primary amides is 1. The molecule has 2 aromatic carbocycles. The average molecular weight is 460 g/mol. The predicted molar refractivity (Wildman–Crippen MR) is 131 cm³/mol. The second-order valence-corrected chi connectivity index (χ2v) is 8.26. The number of nitrogens with one attached hydrogen (secondary N) is 1. The van der Waals surface area contributed by atoms with Gasteiger partial charge in [0.1, 0.15) is 0 Å². The molecule has 3 N–H and O–H groups in total. The fourth-order valence-corrected chi connectivity index (χ4v) is 4.37. The van der Waals surface area contributed by atoms with E-state index in [1.165, 1.54) is 10.8 Å². The minimum Gasteiger partial charge on any atom is -0.369 e. The Hall–Kier alpha value is -3.98. The lowest BCUT2D eigenvalue weighted by Crippen LogP contribution is -2.46. The summed E-state index contributed by atoms with van der Waals surface area (Å²) >= 11 is 0. The minimum atomic E-state index is -0.607. The van der Waals surface area contributed by atoms with Gasteiger partial charge in [0.2, 0.25) is 5.95 Å². The normalized spacial score (nSPS) is 14.5. The van der Waals surface area contributed by atoms with Crippen LogP contribution in [-0.4, -0.2) is 58.1 Å². The van der Waals surface area contributed by atoms with E-state index >= 15 is 0 Å². The van der Waals surface area contributed by atoms with Gasteiger partial charge in [-0.1, -0.05) is 31.2 Å². The molecule has 0 unspecified atom stereocenters. The number of halogens is 1. The lowest BCUT2D eigenvalue weighted by molar-refractivity contribution is 0.100. The first-order valence-electron chi connectivity index (χ1n) is 11.3. The maximum absolute atomic E-state index is 14.8. The number of carbonyl (C=O) groups excluding carboxylic acids is 1. The molecule has 2 aromatic heterocycles. The first kappa shape index (κ1) is 21.8. The van der Waals surface area contributed by atoms with Gasteiger partial charge < -0.3 is 20.9 Å². The molecule has 0 atom stereocenters. The van der Waals surface area contributed by atoms with Crippen LogP contribution >= 0.6 is 0 Å². The number of fused-ring (bicyclic) bond motifs is 1. The molecular weight excluding hydrogens is 433 g/mol. The van der Waals surface area contributed by atoms with Crippen molar-refractivity contribution in [3.63, 3.8) is 0 Å². The highest BCUT2D eigenvalue weighted by molar-refractivity contribution is 6.06. The maximum atomic E-state index is 14.8. The lowest BCUT2D eigenvalue weighted by Gasteiger charge is -2.35. The van der Waals surface area contributed by atoms with Crippen molar-refractivity contribution in [2.75, 3.05) is 42.9 Å². The Labute approximate surface area is 196 Å². The Morgan fingerprint density at radius 3 is 2.68 bits per heavy atom. The van der Waals surface area contributed by atoms with Crippen molar-refractivity contribution in [3.8, 4) is 5.82 Å². The van der Waals surface area contributed by atoms with Gasteiger partial charge in [0.05, 0.1) is 17.3 Å². The van der Waals surface area contributed by atoms with Gasteiger partial charge in [-0.3, -0.25) is 9.36 Å². The Bertz CT molecular complexity index is 1340. The zero-order valence-electron chi connectivity index (χ0n) is 18.9. The van der Waals surface area contributed by atoms with Crippen molar-refractivity contribution in [2.24, 2.45) is 5.73 Å². The molecule has 0 aliphatic carbocycles. The minimum absolute atomic E-state index is 0.0352. The Kier molecular flexibility index (Phi) is 5.85. The molecule has 0 spiro atoms. The fraction of sp³-hybridized carbons (Fsp3) is 0.240. The molecule has 1 amide bonds. The molecule has 1 aliphatic heterocycles. The van der Waals surface area contributed by atoms with Crippen molar-refractivity contribution in [1.29, 1.82) is 0 Å². The van der Waals surface area contributed by atoms with Gasteiger partial charge >= 0.3 is 0 Å². The highest BCUT2D eigenvalue weighted by Crippen LogP contribution is 2.27. The summed E-state index contributed by atoms with van der Waals surface area (Å²) in [5.41, 5.74) is 8.40. The molecule has 9 heteroatoms. The number of likely N-dealkylation sites (N-methyl/N-ethyl adjacent to an activating group) is 1. The Morgan fingerprint density at radius 1 is 1.12 bits per heavy atom. The smallest absolute Gasteiger partial charge is 0.250 e. The zero-order chi connectivity index (χ0) is 23.7. The molecule has 0 bridgehead atoms. The van der Waals surface area contributed by atoms with Crippen LogP contribution in [0.15, 0.2) is 60.9 Å². The molecule has 1 saturated heterocycles. The van der Waals surface area contributed by atoms with Gasteiger partial charge in [-0.2, -0.15) is 4.98 Å². The van der Waals surface area contributed by atoms with Crippen LogP contribution in [-0.2, 0) is 0 Å². The summed E-state index contributed by atoms with van der Waals surface area (Å²) in [5, 5.41) is 3.82. The fourth-order valence-electron chi connectivity index (χ4n) is 4.37. The molecule has 174 valence electrons. The molecule has 4 aromatic rings. The van der Waals surface area contributed by atoms with Gasteiger partial charge in [0.25, 0.3) is 5.91 Å². The number of carbonyl (C=O) groups is 1. The number of piperazine rings is 1. The Morgan fingerprint density at radius 2 is 1.91 bits per heavy atom. The predicted octanol–water partition coefficient (Wildman–Crippen LogP) is 3.54. The number of hydrogen-bond acceptors (Lipinski definition) is 6. The molecule has 0 radical (unpaired) electrons. The molecule has 34 heavy (non-hydrogen) atoms. The van der Waals surface area contributed by atoms with Crippen LogP contribution in [0.5, 0.6) is 0 Å². The second kappa shape index (κ2) is 9.11. The molecule has 3 heterocycles. The van der Waals surface area contributed by atoms with Crippen LogP contribution in [0.3, 0.4) is 0 Å². The number of rotatable bonds is 6. The molecule has 1 fully saturated rings. The lowest BCUT2D eigenvalue weighted by atomic mass is 10.2. The van der Waals surface area contributed by atoms with Gasteiger partial charge in [-0.15, -0.1) is 0 Å². The van der Waals surface area contributed by atoms with Crippen molar-refractivity contribution in [3.05, 3.63) is 72.3 Å². The molecule has 1 aliphatic rings. The largest absolute Gasteiger partial charge is 0.369 e. The van der Waals surface area contributed by atoms with Crippen molar-refractivity contribution < 1.29 is 9.18 Å². The van der Waals surface area contributed by atoms with E-state index in [2.05, 4.69) is 38.1 Å². The first-order valence-corrected chi connectivity index (χ1v) is 11.3. The summed E-state index contributed by atoms with van der Waals surface area (Å²) in [6, 6.07) is 15.2. The number of nitrogens with zero attached hydrogens (tertiary/aromatic N) is 5. The third kappa shape index (κ3) is 4.17. The van der Waals surface area contributed by atoms with E-state index < -0.39 is 11.7 Å². The SMILES string of the molecule is CCN1CCN(c2cccc(Nc3ncc(F)c(-n4cc(C(N)=O)c5ccccc54)n3)c2)CC1. The summed E-state index contributed by atoms with van der Waals surface area (Å²) in [4.78, 5) is 25.2. The van der Waals surface area contributed by atoms with E-state index in [4.69, 9.17) is 5.73 Å². The number of nitrogens with two attached hydrogens (primary N) is 1. The van der Waals surface area contributed by atoms with Crippen LogP contribution in [0, 0.1) is 5.82 Å². The molecule has 8 nitrogen and oxygen atoms in total. The average Bonchev–Trinajstić information content (AvgIpc) is 3.25. The van der Waals surface area contributed by atoms with Crippen molar-refractivity contribution in [2.45, 2.75) is 6.92 Å². The van der Waals surface area contributed by atoms with Crippen LogP contribution in [0.4, 0.5) is 21.7 Å².